The van der Waals surface area contributed by atoms with Crippen LogP contribution in [-0.4, -0.2) is 20.5 Å². The highest BCUT2D eigenvalue weighted by Crippen LogP contribution is 2.29. The quantitative estimate of drug-likeness (QED) is 0.443. The maximum absolute atomic E-state index is 12.4. The van der Waals surface area contributed by atoms with E-state index in [0.717, 1.165) is 21.8 Å². The Morgan fingerprint density at radius 1 is 1.18 bits per heavy atom. The van der Waals surface area contributed by atoms with Gasteiger partial charge in [-0.1, -0.05) is 0 Å². The van der Waals surface area contributed by atoms with E-state index in [9.17, 15) is 18.5 Å². The van der Waals surface area contributed by atoms with Crippen LogP contribution in [-0.2, 0) is 10.0 Å². The van der Waals surface area contributed by atoms with Crippen LogP contribution in [0.25, 0.3) is 0 Å². The van der Waals surface area contributed by atoms with Crippen molar-refractivity contribution in [2.24, 2.45) is 0 Å². The number of nitrogens with one attached hydrogen (secondary N) is 1. The molecule has 0 bridgehead atoms. The van der Waals surface area contributed by atoms with Gasteiger partial charge in [0.15, 0.2) is 0 Å². The standard InChI is InChI=1S/C13H11IN2O5S/c1-21-12-8-11(16(17)18)6-7-13(12)22(19,20)15-10-4-2-9(14)3-5-10/h2-8,15H,1H3. The molecular weight excluding hydrogens is 423 g/mol. The molecule has 7 nitrogen and oxygen atoms in total. The maximum Gasteiger partial charge on any atom is 0.273 e. The molecule has 0 saturated heterocycles. The summed E-state index contributed by atoms with van der Waals surface area (Å²) in [6.07, 6.45) is 0. The van der Waals surface area contributed by atoms with E-state index in [4.69, 9.17) is 4.74 Å². The minimum atomic E-state index is -3.91. The third-order valence-electron chi connectivity index (χ3n) is 2.74. The fourth-order valence-electron chi connectivity index (χ4n) is 1.72. The van der Waals surface area contributed by atoms with E-state index < -0.39 is 14.9 Å². The Morgan fingerprint density at radius 3 is 2.36 bits per heavy atom. The van der Waals surface area contributed by atoms with Gasteiger partial charge in [-0.3, -0.25) is 14.8 Å². The minimum Gasteiger partial charge on any atom is -0.495 e. The maximum atomic E-state index is 12.4. The Bertz CT molecular complexity index is 806. The van der Waals surface area contributed by atoms with Crippen molar-refractivity contribution < 1.29 is 18.1 Å². The van der Waals surface area contributed by atoms with E-state index in [-0.39, 0.29) is 16.3 Å². The van der Waals surface area contributed by atoms with Crippen LogP contribution in [0.15, 0.2) is 47.4 Å². The van der Waals surface area contributed by atoms with Gasteiger partial charge in [0.2, 0.25) is 0 Å². The average molecular weight is 434 g/mol. The number of nitrogens with zero attached hydrogens (tertiary/aromatic N) is 1. The molecule has 0 saturated carbocycles. The van der Waals surface area contributed by atoms with Crippen LogP contribution in [0.1, 0.15) is 0 Å². The van der Waals surface area contributed by atoms with Crippen LogP contribution in [0.3, 0.4) is 0 Å². The van der Waals surface area contributed by atoms with E-state index in [1.807, 2.05) is 0 Å². The van der Waals surface area contributed by atoms with Crippen molar-refractivity contribution in [2.45, 2.75) is 4.90 Å². The molecule has 0 aliphatic carbocycles. The van der Waals surface area contributed by atoms with Gasteiger partial charge < -0.3 is 4.74 Å². The molecule has 0 heterocycles. The predicted octanol–water partition coefficient (Wildman–Crippen LogP) is 3.01. The Hall–Kier alpha value is -1.88. The SMILES string of the molecule is COc1cc([N+](=O)[O-])ccc1S(=O)(=O)Nc1ccc(I)cc1. The minimum absolute atomic E-state index is 0.0905. The molecule has 2 rings (SSSR count). The first-order chi connectivity index (χ1) is 10.3. The second-order valence-corrected chi connectivity index (χ2v) is 7.10. The van der Waals surface area contributed by atoms with Gasteiger partial charge in [-0.05, 0) is 52.9 Å². The molecule has 0 amide bonds. The first-order valence-electron chi connectivity index (χ1n) is 5.94. The molecule has 116 valence electrons. The summed E-state index contributed by atoms with van der Waals surface area (Å²) in [5.41, 5.74) is 0.144. The number of rotatable bonds is 5. The largest absolute Gasteiger partial charge is 0.495 e. The highest BCUT2D eigenvalue weighted by Gasteiger charge is 2.22. The third-order valence-corrected chi connectivity index (χ3v) is 4.88. The van der Waals surface area contributed by atoms with Gasteiger partial charge >= 0.3 is 0 Å². The lowest BCUT2D eigenvalue weighted by Crippen LogP contribution is -2.14. The summed E-state index contributed by atoms with van der Waals surface area (Å²) in [5.74, 6) is -0.0905. The molecule has 0 aliphatic rings. The summed E-state index contributed by atoms with van der Waals surface area (Å²) < 4.78 is 33.1. The zero-order chi connectivity index (χ0) is 16.3. The molecule has 0 aliphatic heterocycles. The number of hydrogen-bond donors (Lipinski definition) is 1. The number of anilines is 1. The van der Waals surface area contributed by atoms with Gasteiger partial charge in [0.1, 0.15) is 10.6 Å². The highest BCUT2D eigenvalue weighted by atomic mass is 127. The molecule has 0 aromatic heterocycles. The van der Waals surface area contributed by atoms with Crippen molar-refractivity contribution in [3.63, 3.8) is 0 Å². The number of sulfonamides is 1. The molecule has 0 atom stereocenters. The molecule has 0 fully saturated rings. The van der Waals surface area contributed by atoms with Crippen LogP contribution in [0.2, 0.25) is 0 Å². The lowest BCUT2D eigenvalue weighted by atomic mass is 10.3. The van der Waals surface area contributed by atoms with Crippen molar-refractivity contribution in [3.05, 3.63) is 56.1 Å². The molecular formula is C13H11IN2O5S. The molecule has 1 N–H and O–H groups in total. The van der Waals surface area contributed by atoms with Gasteiger partial charge in [-0.15, -0.1) is 0 Å². The monoisotopic (exact) mass is 434 g/mol. The number of ether oxygens (including phenoxy) is 1. The van der Waals surface area contributed by atoms with Gasteiger partial charge in [0.25, 0.3) is 15.7 Å². The highest BCUT2D eigenvalue weighted by molar-refractivity contribution is 14.1. The average Bonchev–Trinajstić information content (AvgIpc) is 2.48. The number of benzene rings is 2. The van der Waals surface area contributed by atoms with E-state index in [0.29, 0.717) is 5.69 Å². The fraction of sp³-hybridized carbons (Fsp3) is 0.0769. The van der Waals surface area contributed by atoms with Crippen LogP contribution in [0, 0.1) is 13.7 Å². The van der Waals surface area contributed by atoms with Gasteiger partial charge in [-0.25, -0.2) is 8.42 Å². The predicted molar refractivity (Wildman–Crippen MR) is 89.6 cm³/mol. The Morgan fingerprint density at radius 2 is 1.82 bits per heavy atom. The summed E-state index contributed by atoms with van der Waals surface area (Å²) in [4.78, 5) is 9.95. The second kappa shape index (κ2) is 6.48. The Balaban J connectivity index is 2.40. The van der Waals surface area contributed by atoms with Crippen LogP contribution in [0.5, 0.6) is 5.75 Å². The van der Waals surface area contributed by atoms with E-state index >= 15 is 0 Å². The smallest absolute Gasteiger partial charge is 0.273 e. The Labute approximate surface area is 140 Å². The van der Waals surface area contributed by atoms with Crippen molar-refractivity contribution >= 4 is 44.0 Å². The number of halogens is 1. The first-order valence-corrected chi connectivity index (χ1v) is 8.50. The van der Waals surface area contributed by atoms with Crippen molar-refractivity contribution in [2.75, 3.05) is 11.8 Å². The van der Waals surface area contributed by atoms with Crippen LogP contribution < -0.4 is 9.46 Å². The van der Waals surface area contributed by atoms with E-state index in [1.54, 1.807) is 24.3 Å². The van der Waals surface area contributed by atoms with Crippen molar-refractivity contribution in [1.82, 2.24) is 0 Å². The van der Waals surface area contributed by atoms with E-state index in [2.05, 4.69) is 27.3 Å². The Kier molecular flexibility index (Phi) is 4.86. The number of methoxy groups -OCH3 is 1. The summed E-state index contributed by atoms with van der Waals surface area (Å²) >= 11 is 2.11. The second-order valence-electron chi connectivity index (χ2n) is 4.20. The van der Waals surface area contributed by atoms with E-state index in [1.165, 1.54) is 7.11 Å². The van der Waals surface area contributed by atoms with Gasteiger partial charge in [-0.2, -0.15) is 0 Å². The third kappa shape index (κ3) is 3.65. The number of hydrogen-bond acceptors (Lipinski definition) is 5. The first kappa shape index (κ1) is 16.5. The summed E-state index contributed by atoms with van der Waals surface area (Å²) in [5, 5.41) is 10.7. The normalized spacial score (nSPS) is 11.0. The van der Waals surface area contributed by atoms with Crippen LogP contribution in [0.4, 0.5) is 11.4 Å². The zero-order valence-electron chi connectivity index (χ0n) is 11.3. The molecule has 0 spiro atoms. The zero-order valence-corrected chi connectivity index (χ0v) is 14.3. The molecule has 9 heteroatoms. The summed E-state index contributed by atoms with van der Waals surface area (Å²) in [7, 11) is -2.66. The molecule has 0 radical (unpaired) electrons. The molecule has 0 unspecified atom stereocenters. The van der Waals surface area contributed by atoms with Crippen molar-refractivity contribution in [3.8, 4) is 5.75 Å². The van der Waals surface area contributed by atoms with Crippen LogP contribution >= 0.6 is 22.6 Å². The summed E-state index contributed by atoms with van der Waals surface area (Å²) in [6.45, 7) is 0. The number of non-ortho nitro benzene ring substituents is 1. The fourth-order valence-corrected chi connectivity index (χ4v) is 3.29. The lowest BCUT2D eigenvalue weighted by molar-refractivity contribution is -0.385. The topological polar surface area (TPSA) is 98.5 Å². The molecule has 22 heavy (non-hydrogen) atoms. The summed E-state index contributed by atoms with van der Waals surface area (Å²) in [6, 6.07) is 10.1. The van der Waals surface area contributed by atoms with Crippen molar-refractivity contribution in [1.29, 1.82) is 0 Å². The molecule has 2 aromatic rings. The number of nitro groups is 1. The van der Waals surface area contributed by atoms with Gasteiger partial charge in [0, 0.05) is 15.3 Å². The lowest BCUT2D eigenvalue weighted by Gasteiger charge is -2.11. The van der Waals surface area contributed by atoms with Gasteiger partial charge in [0.05, 0.1) is 18.1 Å². The number of nitro benzene ring substituents is 1. The molecule has 2 aromatic carbocycles.